The van der Waals surface area contributed by atoms with Crippen molar-refractivity contribution in [1.29, 1.82) is 0 Å². The van der Waals surface area contributed by atoms with Crippen molar-refractivity contribution in [3.63, 3.8) is 0 Å². The van der Waals surface area contributed by atoms with E-state index in [-0.39, 0.29) is 5.41 Å². The van der Waals surface area contributed by atoms with E-state index in [1.54, 1.807) is 11.3 Å². The highest BCUT2D eigenvalue weighted by Crippen LogP contribution is 2.42. The monoisotopic (exact) mass is 290 g/mol. The maximum Gasteiger partial charge on any atom is 0.161 e. The summed E-state index contributed by atoms with van der Waals surface area (Å²) in [5.74, 6) is 1.80. The first-order chi connectivity index (χ1) is 9.38. The first kappa shape index (κ1) is 13.6. The lowest BCUT2D eigenvalue weighted by Crippen LogP contribution is -2.13. The number of hydrogen-bond acceptors (Lipinski definition) is 4. The molecule has 5 heteroatoms. The molecular formula is C15H22N4S. The first-order valence-electron chi connectivity index (χ1n) is 7.20. The van der Waals surface area contributed by atoms with Crippen LogP contribution in [0.15, 0.2) is 0 Å². The fourth-order valence-corrected chi connectivity index (χ4v) is 3.91. The highest BCUT2D eigenvalue weighted by Gasteiger charge is 2.26. The standard InChI is InChI=1S/C15H22N4S/c1-15(2,3)14-17-13(19(4)18-14)11-9-7-5-6-8-10(9)20-12(11)16/h5-8,16H2,1-4H3. The molecule has 0 aromatic carbocycles. The number of hydrogen-bond donors (Lipinski definition) is 1. The second-order valence-electron chi connectivity index (χ2n) is 6.58. The van der Waals surface area contributed by atoms with E-state index >= 15 is 0 Å². The minimum atomic E-state index is -0.0408. The van der Waals surface area contributed by atoms with Gasteiger partial charge in [-0.25, -0.2) is 9.67 Å². The number of aromatic nitrogens is 3. The van der Waals surface area contributed by atoms with Crippen molar-refractivity contribution in [3.8, 4) is 11.4 Å². The Morgan fingerprint density at radius 1 is 1.20 bits per heavy atom. The number of aryl methyl sites for hydroxylation is 2. The number of nitrogen functional groups attached to an aromatic ring is 1. The Balaban J connectivity index is 2.14. The third-order valence-corrected chi connectivity index (χ3v) is 4.98. The Morgan fingerprint density at radius 2 is 1.90 bits per heavy atom. The van der Waals surface area contributed by atoms with E-state index in [2.05, 4.69) is 25.9 Å². The van der Waals surface area contributed by atoms with Gasteiger partial charge in [0.2, 0.25) is 0 Å². The van der Waals surface area contributed by atoms with Crippen LogP contribution in [0.3, 0.4) is 0 Å². The molecule has 2 aromatic rings. The maximum absolute atomic E-state index is 6.28. The maximum atomic E-state index is 6.28. The van der Waals surface area contributed by atoms with Crippen LogP contribution in [-0.2, 0) is 25.3 Å². The molecule has 3 rings (SSSR count). The second-order valence-corrected chi connectivity index (χ2v) is 7.72. The van der Waals surface area contributed by atoms with Gasteiger partial charge in [0, 0.05) is 17.3 Å². The van der Waals surface area contributed by atoms with Crippen molar-refractivity contribution < 1.29 is 0 Å². The number of nitrogens with two attached hydrogens (primary N) is 1. The van der Waals surface area contributed by atoms with Gasteiger partial charge in [-0.15, -0.1) is 11.3 Å². The summed E-state index contributed by atoms with van der Waals surface area (Å²) in [7, 11) is 1.96. The van der Waals surface area contributed by atoms with Crippen molar-refractivity contribution in [2.45, 2.75) is 51.9 Å². The van der Waals surface area contributed by atoms with Crippen LogP contribution < -0.4 is 5.73 Å². The van der Waals surface area contributed by atoms with Crippen LogP contribution in [0.5, 0.6) is 0 Å². The molecule has 0 spiro atoms. The Morgan fingerprint density at radius 3 is 2.55 bits per heavy atom. The van der Waals surface area contributed by atoms with Crippen LogP contribution in [0.25, 0.3) is 11.4 Å². The second kappa shape index (κ2) is 4.58. The van der Waals surface area contributed by atoms with Gasteiger partial charge in [0.1, 0.15) is 0 Å². The average molecular weight is 290 g/mol. The molecule has 0 atom stereocenters. The van der Waals surface area contributed by atoms with E-state index in [4.69, 9.17) is 10.7 Å². The molecule has 108 valence electrons. The molecule has 2 aromatic heterocycles. The molecule has 2 N–H and O–H groups in total. The normalized spacial score (nSPS) is 15.4. The smallest absolute Gasteiger partial charge is 0.161 e. The minimum Gasteiger partial charge on any atom is -0.390 e. The van der Waals surface area contributed by atoms with Crippen LogP contribution in [0, 0.1) is 0 Å². The van der Waals surface area contributed by atoms with Gasteiger partial charge in [-0.05, 0) is 31.2 Å². The Labute approximate surface area is 124 Å². The summed E-state index contributed by atoms with van der Waals surface area (Å²) in [6.45, 7) is 6.41. The number of fused-ring (bicyclic) bond motifs is 1. The molecule has 0 unspecified atom stereocenters. The van der Waals surface area contributed by atoms with Crippen LogP contribution in [0.1, 0.15) is 49.9 Å². The van der Waals surface area contributed by atoms with Crippen LogP contribution >= 0.6 is 11.3 Å². The largest absolute Gasteiger partial charge is 0.390 e. The van der Waals surface area contributed by atoms with Crippen molar-refractivity contribution in [1.82, 2.24) is 14.8 Å². The number of thiophene rings is 1. The van der Waals surface area contributed by atoms with Crippen molar-refractivity contribution >= 4 is 16.3 Å². The van der Waals surface area contributed by atoms with Crippen molar-refractivity contribution in [2.75, 3.05) is 5.73 Å². The summed E-state index contributed by atoms with van der Waals surface area (Å²) in [6, 6.07) is 0. The van der Waals surface area contributed by atoms with E-state index in [9.17, 15) is 0 Å². The van der Waals surface area contributed by atoms with E-state index in [1.165, 1.54) is 23.3 Å². The minimum absolute atomic E-state index is 0.0408. The fourth-order valence-electron chi connectivity index (χ4n) is 2.75. The van der Waals surface area contributed by atoms with E-state index in [0.717, 1.165) is 35.1 Å². The van der Waals surface area contributed by atoms with E-state index < -0.39 is 0 Å². The highest BCUT2D eigenvalue weighted by atomic mass is 32.1. The molecule has 0 amide bonds. The molecule has 20 heavy (non-hydrogen) atoms. The molecule has 0 bridgehead atoms. The molecule has 0 fully saturated rings. The summed E-state index contributed by atoms with van der Waals surface area (Å²) in [5.41, 5.74) is 8.78. The molecule has 0 radical (unpaired) electrons. The zero-order valence-corrected chi connectivity index (χ0v) is 13.5. The van der Waals surface area contributed by atoms with E-state index in [0.29, 0.717) is 0 Å². The third-order valence-electron chi connectivity index (χ3n) is 3.86. The van der Waals surface area contributed by atoms with Gasteiger partial charge in [0.25, 0.3) is 0 Å². The van der Waals surface area contributed by atoms with Crippen LogP contribution in [0.2, 0.25) is 0 Å². The zero-order valence-electron chi connectivity index (χ0n) is 12.7. The Hall–Kier alpha value is -1.36. The molecule has 0 saturated carbocycles. The molecule has 4 nitrogen and oxygen atoms in total. The predicted octanol–water partition coefficient (Wildman–Crippen LogP) is 3.30. The molecule has 1 aliphatic rings. The summed E-state index contributed by atoms with van der Waals surface area (Å²) < 4.78 is 1.88. The summed E-state index contributed by atoms with van der Waals surface area (Å²) in [6.07, 6.45) is 4.81. The molecule has 1 aliphatic carbocycles. The first-order valence-corrected chi connectivity index (χ1v) is 8.01. The SMILES string of the molecule is Cn1nc(C(C)(C)C)nc1-c1c(N)sc2c1CCCC2. The molecular weight excluding hydrogens is 268 g/mol. The summed E-state index contributed by atoms with van der Waals surface area (Å²) in [5, 5.41) is 5.48. The van der Waals surface area contributed by atoms with Crippen LogP contribution in [0.4, 0.5) is 5.00 Å². The third kappa shape index (κ3) is 2.14. The van der Waals surface area contributed by atoms with Gasteiger partial charge in [-0.2, -0.15) is 5.10 Å². The topological polar surface area (TPSA) is 56.7 Å². The van der Waals surface area contributed by atoms with Gasteiger partial charge < -0.3 is 5.73 Å². The summed E-state index contributed by atoms with van der Waals surface area (Å²) in [4.78, 5) is 6.22. The highest BCUT2D eigenvalue weighted by molar-refractivity contribution is 7.16. The predicted molar refractivity (Wildman–Crippen MR) is 84.1 cm³/mol. The summed E-state index contributed by atoms with van der Waals surface area (Å²) >= 11 is 1.73. The van der Waals surface area contributed by atoms with Gasteiger partial charge in [-0.1, -0.05) is 20.8 Å². The lowest BCUT2D eigenvalue weighted by atomic mass is 9.94. The van der Waals surface area contributed by atoms with Gasteiger partial charge >= 0.3 is 0 Å². The average Bonchev–Trinajstić information content (AvgIpc) is 2.88. The fraction of sp³-hybridized carbons (Fsp3) is 0.600. The molecule has 2 heterocycles. The van der Waals surface area contributed by atoms with Crippen LogP contribution in [-0.4, -0.2) is 14.8 Å². The van der Waals surface area contributed by atoms with E-state index in [1.807, 2.05) is 11.7 Å². The number of rotatable bonds is 1. The lowest BCUT2D eigenvalue weighted by molar-refractivity contribution is 0.538. The Bertz CT molecular complexity index is 646. The quantitative estimate of drug-likeness (QED) is 0.876. The van der Waals surface area contributed by atoms with Gasteiger partial charge in [0.15, 0.2) is 11.6 Å². The van der Waals surface area contributed by atoms with Crippen molar-refractivity contribution in [2.24, 2.45) is 7.05 Å². The number of anilines is 1. The van der Waals surface area contributed by atoms with Gasteiger partial charge in [-0.3, -0.25) is 0 Å². The number of nitrogens with zero attached hydrogens (tertiary/aromatic N) is 3. The van der Waals surface area contributed by atoms with Gasteiger partial charge in [0.05, 0.1) is 10.6 Å². The zero-order chi connectivity index (χ0) is 14.5. The molecule has 0 aliphatic heterocycles. The Kier molecular flexibility index (Phi) is 3.12. The molecule has 0 saturated heterocycles. The van der Waals surface area contributed by atoms with Crippen molar-refractivity contribution in [3.05, 3.63) is 16.3 Å². The lowest BCUT2D eigenvalue weighted by Gasteiger charge is -2.12.